The van der Waals surface area contributed by atoms with Crippen LogP contribution in [0.15, 0.2) is 30.3 Å². The highest BCUT2D eigenvalue weighted by molar-refractivity contribution is 5.51. The van der Waals surface area contributed by atoms with Gasteiger partial charge in [-0.15, -0.1) is 0 Å². The number of fused-ring (bicyclic) bond motifs is 1. The second-order valence-corrected chi connectivity index (χ2v) is 4.54. The number of hydrogen-bond acceptors (Lipinski definition) is 4. The van der Waals surface area contributed by atoms with Crippen LogP contribution in [0.5, 0.6) is 17.2 Å². The summed E-state index contributed by atoms with van der Waals surface area (Å²) in [7, 11) is 0. The Hall–Kier alpha value is -2.34. The molecule has 2 aromatic rings. The molecule has 0 radical (unpaired) electrons. The number of ether oxygens (including phenoxy) is 3. The van der Waals surface area contributed by atoms with Crippen molar-refractivity contribution in [2.24, 2.45) is 5.73 Å². The Kier molecular flexibility index (Phi) is 3.62. The van der Waals surface area contributed by atoms with Crippen LogP contribution in [0.3, 0.4) is 0 Å². The molecule has 3 rings (SSSR count). The first-order valence-corrected chi connectivity index (χ1v) is 6.36. The summed E-state index contributed by atoms with van der Waals surface area (Å²) in [6.07, 6.45) is 0. The predicted octanol–water partition coefficient (Wildman–Crippen LogP) is 2.73. The molecule has 110 valence electrons. The average molecular weight is 293 g/mol. The van der Waals surface area contributed by atoms with E-state index in [2.05, 4.69) is 0 Å². The Labute approximate surface area is 120 Å². The fourth-order valence-electron chi connectivity index (χ4n) is 2.07. The van der Waals surface area contributed by atoms with E-state index in [0.29, 0.717) is 22.8 Å². The maximum atomic E-state index is 13.6. The van der Waals surface area contributed by atoms with Gasteiger partial charge in [0.25, 0.3) is 0 Å². The van der Waals surface area contributed by atoms with Crippen molar-refractivity contribution in [3.05, 3.63) is 53.1 Å². The van der Waals surface area contributed by atoms with E-state index in [9.17, 15) is 8.78 Å². The predicted molar refractivity (Wildman–Crippen MR) is 71.1 cm³/mol. The van der Waals surface area contributed by atoms with Gasteiger partial charge in [-0.25, -0.2) is 8.78 Å². The summed E-state index contributed by atoms with van der Waals surface area (Å²) in [6, 6.07) is 6.59. The third-order valence-electron chi connectivity index (χ3n) is 3.17. The van der Waals surface area contributed by atoms with E-state index < -0.39 is 11.6 Å². The molecule has 4 nitrogen and oxygen atoms in total. The molecule has 0 saturated carbocycles. The SMILES string of the molecule is NCc1cc2c(cc1OCc1cc(F)ccc1F)OCO2. The second-order valence-electron chi connectivity index (χ2n) is 4.54. The summed E-state index contributed by atoms with van der Waals surface area (Å²) in [5.74, 6) is 0.568. The zero-order valence-electron chi connectivity index (χ0n) is 11.1. The Balaban J connectivity index is 1.83. The maximum absolute atomic E-state index is 13.6. The van der Waals surface area contributed by atoms with Crippen molar-refractivity contribution in [2.75, 3.05) is 6.79 Å². The Morgan fingerprint density at radius 1 is 1.05 bits per heavy atom. The molecule has 6 heteroatoms. The molecule has 0 fully saturated rings. The highest BCUT2D eigenvalue weighted by Gasteiger charge is 2.18. The molecule has 0 saturated heterocycles. The van der Waals surface area contributed by atoms with Gasteiger partial charge in [0.2, 0.25) is 6.79 Å². The van der Waals surface area contributed by atoms with Crippen molar-refractivity contribution < 1.29 is 23.0 Å². The fourth-order valence-corrected chi connectivity index (χ4v) is 2.07. The molecular formula is C15H13F2NO3. The number of benzene rings is 2. The minimum absolute atomic E-state index is 0.101. The van der Waals surface area contributed by atoms with Crippen LogP contribution in [0.25, 0.3) is 0 Å². The number of hydrogen-bond donors (Lipinski definition) is 1. The summed E-state index contributed by atoms with van der Waals surface area (Å²) in [4.78, 5) is 0. The number of nitrogens with two attached hydrogens (primary N) is 1. The van der Waals surface area contributed by atoms with E-state index >= 15 is 0 Å². The van der Waals surface area contributed by atoms with Crippen molar-refractivity contribution in [1.29, 1.82) is 0 Å². The molecule has 2 aromatic carbocycles. The first kappa shape index (κ1) is 13.6. The van der Waals surface area contributed by atoms with E-state index in [1.165, 1.54) is 0 Å². The third-order valence-corrected chi connectivity index (χ3v) is 3.17. The van der Waals surface area contributed by atoms with Crippen molar-refractivity contribution in [3.63, 3.8) is 0 Å². The van der Waals surface area contributed by atoms with Gasteiger partial charge in [0.1, 0.15) is 24.0 Å². The van der Waals surface area contributed by atoms with Gasteiger partial charge in [-0.3, -0.25) is 0 Å². The quantitative estimate of drug-likeness (QED) is 0.941. The maximum Gasteiger partial charge on any atom is 0.231 e. The molecule has 0 aliphatic carbocycles. The molecule has 0 spiro atoms. The average Bonchev–Trinajstić information content (AvgIpc) is 2.94. The molecule has 0 aromatic heterocycles. The van der Waals surface area contributed by atoms with Gasteiger partial charge in [-0.1, -0.05) is 0 Å². The standard InChI is InChI=1S/C15H13F2NO3/c16-11-1-2-12(17)10(3-11)7-19-13-5-15-14(20-8-21-15)4-9(13)6-18/h1-5H,6-8,18H2. The molecule has 1 aliphatic heterocycles. The van der Waals surface area contributed by atoms with E-state index in [0.717, 1.165) is 18.2 Å². The minimum atomic E-state index is -0.522. The van der Waals surface area contributed by atoms with Crippen LogP contribution in [-0.4, -0.2) is 6.79 Å². The van der Waals surface area contributed by atoms with Gasteiger partial charge >= 0.3 is 0 Å². The van der Waals surface area contributed by atoms with Crippen LogP contribution < -0.4 is 19.9 Å². The van der Waals surface area contributed by atoms with Crippen molar-refractivity contribution in [3.8, 4) is 17.2 Å². The van der Waals surface area contributed by atoms with Crippen LogP contribution in [0.1, 0.15) is 11.1 Å². The molecule has 0 bridgehead atoms. The van der Waals surface area contributed by atoms with Gasteiger partial charge < -0.3 is 19.9 Å². The summed E-state index contributed by atoms with van der Waals surface area (Å²) in [5.41, 5.74) is 6.50. The van der Waals surface area contributed by atoms with Crippen LogP contribution in [0.4, 0.5) is 8.78 Å². The lowest BCUT2D eigenvalue weighted by Gasteiger charge is -2.12. The van der Waals surface area contributed by atoms with Gasteiger partial charge in [0, 0.05) is 23.7 Å². The zero-order valence-corrected chi connectivity index (χ0v) is 11.1. The smallest absolute Gasteiger partial charge is 0.231 e. The first-order valence-electron chi connectivity index (χ1n) is 6.36. The number of rotatable bonds is 4. The van der Waals surface area contributed by atoms with E-state index in [1.54, 1.807) is 12.1 Å². The first-order chi connectivity index (χ1) is 10.2. The minimum Gasteiger partial charge on any atom is -0.488 e. The third kappa shape index (κ3) is 2.75. The summed E-state index contributed by atoms with van der Waals surface area (Å²) >= 11 is 0. The molecule has 0 atom stereocenters. The van der Waals surface area contributed by atoms with Crippen LogP contribution in [0.2, 0.25) is 0 Å². The van der Waals surface area contributed by atoms with Gasteiger partial charge in [-0.2, -0.15) is 0 Å². The molecule has 2 N–H and O–H groups in total. The molecule has 0 unspecified atom stereocenters. The Morgan fingerprint density at radius 3 is 2.57 bits per heavy atom. The molecule has 1 aliphatic rings. The summed E-state index contributed by atoms with van der Waals surface area (Å²) < 4.78 is 42.7. The zero-order chi connectivity index (χ0) is 14.8. The van der Waals surface area contributed by atoms with Crippen LogP contribution in [0, 0.1) is 11.6 Å². The Bertz CT molecular complexity index is 676. The molecule has 0 amide bonds. The Morgan fingerprint density at radius 2 is 1.81 bits per heavy atom. The highest BCUT2D eigenvalue weighted by Crippen LogP contribution is 2.38. The van der Waals surface area contributed by atoms with Crippen molar-refractivity contribution in [2.45, 2.75) is 13.2 Å². The summed E-state index contributed by atoms with van der Waals surface area (Å²) in [6.45, 7) is 0.273. The number of halogens is 2. The van der Waals surface area contributed by atoms with E-state index in [1.807, 2.05) is 0 Å². The van der Waals surface area contributed by atoms with Crippen LogP contribution >= 0.6 is 0 Å². The summed E-state index contributed by atoms with van der Waals surface area (Å²) in [5, 5.41) is 0. The lowest BCUT2D eigenvalue weighted by atomic mass is 10.1. The van der Waals surface area contributed by atoms with Gasteiger partial charge in [-0.05, 0) is 24.3 Å². The lowest BCUT2D eigenvalue weighted by Crippen LogP contribution is -2.04. The largest absolute Gasteiger partial charge is 0.488 e. The van der Waals surface area contributed by atoms with Crippen LogP contribution in [-0.2, 0) is 13.2 Å². The highest BCUT2D eigenvalue weighted by atomic mass is 19.1. The van der Waals surface area contributed by atoms with E-state index in [-0.39, 0.29) is 25.5 Å². The topological polar surface area (TPSA) is 53.7 Å². The molecule has 21 heavy (non-hydrogen) atoms. The van der Waals surface area contributed by atoms with Gasteiger partial charge in [0.15, 0.2) is 11.5 Å². The normalized spacial score (nSPS) is 12.5. The van der Waals surface area contributed by atoms with E-state index in [4.69, 9.17) is 19.9 Å². The van der Waals surface area contributed by atoms with Crippen molar-refractivity contribution in [1.82, 2.24) is 0 Å². The van der Waals surface area contributed by atoms with Crippen molar-refractivity contribution >= 4 is 0 Å². The second kappa shape index (κ2) is 5.57. The lowest BCUT2D eigenvalue weighted by molar-refractivity contribution is 0.173. The van der Waals surface area contributed by atoms with Gasteiger partial charge in [0.05, 0.1) is 0 Å². The monoisotopic (exact) mass is 293 g/mol. The molecular weight excluding hydrogens is 280 g/mol. The molecule has 1 heterocycles. The fraction of sp³-hybridized carbons (Fsp3) is 0.200.